The van der Waals surface area contributed by atoms with Gasteiger partial charge in [0, 0.05) is 12.2 Å². The van der Waals surface area contributed by atoms with E-state index in [0.717, 1.165) is 11.3 Å². The van der Waals surface area contributed by atoms with Crippen molar-refractivity contribution in [2.75, 3.05) is 11.9 Å². The number of halogens is 1. The maximum Gasteiger partial charge on any atom is 0.129 e. The molecular formula is C15H20FN3O. The first-order chi connectivity index (χ1) is 9.51. The molecule has 0 amide bonds. The summed E-state index contributed by atoms with van der Waals surface area (Å²) in [5.41, 5.74) is 3.23. The van der Waals surface area contributed by atoms with Crippen molar-refractivity contribution in [1.82, 2.24) is 9.78 Å². The summed E-state index contributed by atoms with van der Waals surface area (Å²) < 4.78 is 15.3. The molecule has 0 aliphatic rings. The summed E-state index contributed by atoms with van der Waals surface area (Å²) in [6.45, 7) is 6.11. The lowest BCUT2D eigenvalue weighted by molar-refractivity contribution is 0.269. The van der Waals surface area contributed by atoms with E-state index in [1.165, 1.54) is 0 Å². The number of hydrogen-bond donors (Lipinski definition) is 2. The molecule has 0 aliphatic heterocycles. The van der Waals surface area contributed by atoms with Crippen molar-refractivity contribution in [1.29, 1.82) is 0 Å². The summed E-state index contributed by atoms with van der Waals surface area (Å²) in [4.78, 5) is 0. The summed E-state index contributed by atoms with van der Waals surface area (Å²) in [7, 11) is 0. The molecule has 0 fully saturated rings. The van der Waals surface area contributed by atoms with Gasteiger partial charge in [0.25, 0.3) is 0 Å². The molecule has 1 heterocycles. The van der Waals surface area contributed by atoms with Gasteiger partial charge >= 0.3 is 0 Å². The lowest BCUT2D eigenvalue weighted by Crippen LogP contribution is -2.07. The molecule has 0 saturated carbocycles. The zero-order valence-electron chi connectivity index (χ0n) is 12.0. The number of nitrogens with one attached hydrogen (secondary N) is 1. The normalized spacial score (nSPS) is 12.4. The minimum absolute atomic E-state index is 0.0553. The zero-order chi connectivity index (χ0) is 14.7. The summed E-state index contributed by atoms with van der Waals surface area (Å²) in [6, 6.07) is 3.77. The van der Waals surface area contributed by atoms with E-state index in [1.807, 2.05) is 25.3 Å². The van der Waals surface area contributed by atoms with Gasteiger partial charge in [-0.15, -0.1) is 0 Å². The molecule has 1 aromatic heterocycles. The Bertz CT molecular complexity index is 572. The Labute approximate surface area is 118 Å². The van der Waals surface area contributed by atoms with Crippen LogP contribution in [0.1, 0.15) is 29.7 Å². The minimum atomic E-state index is -0.142. The summed E-state index contributed by atoms with van der Waals surface area (Å²) in [6.07, 6.45) is 3.56. The Morgan fingerprint density at radius 3 is 2.60 bits per heavy atom. The van der Waals surface area contributed by atoms with Crippen LogP contribution in [0.5, 0.6) is 0 Å². The fourth-order valence-corrected chi connectivity index (χ4v) is 2.23. The van der Waals surface area contributed by atoms with Gasteiger partial charge in [-0.1, -0.05) is 12.1 Å². The molecule has 0 aliphatic carbocycles. The summed E-state index contributed by atoms with van der Waals surface area (Å²) in [5, 5.41) is 16.3. The van der Waals surface area contributed by atoms with Gasteiger partial charge in [0.05, 0.1) is 25.0 Å². The molecule has 108 valence electrons. The lowest BCUT2D eigenvalue weighted by atomic mass is 10.0. The predicted molar refractivity (Wildman–Crippen MR) is 77.2 cm³/mol. The molecule has 2 N–H and O–H groups in total. The monoisotopic (exact) mass is 277 g/mol. The molecule has 0 bridgehead atoms. The SMILES string of the molecule is Cc1cc(C(C)Nc2cnn(CCO)c2)cc(C)c1F. The Morgan fingerprint density at radius 2 is 2.00 bits per heavy atom. The van der Waals surface area contributed by atoms with Crippen molar-refractivity contribution < 1.29 is 9.50 Å². The maximum absolute atomic E-state index is 13.6. The highest BCUT2D eigenvalue weighted by molar-refractivity contribution is 5.43. The van der Waals surface area contributed by atoms with Crippen LogP contribution < -0.4 is 5.32 Å². The standard InChI is InChI=1S/C15H20FN3O/c1-10-6-13(7-11(2)15(10)16)12(3)18-14-8-17-19(9-14)4-5-20/h6-9,12,18,20H,4-5H2,1-3H3. The molecule has 0 saturated heterocycles. The van der Waals surface area contributed by atoms with E-state index in [9.17, 15) is 4.39 Å². The van der Waals surface area contributed by atoms with Gasteiger partial charge in [-0.25, -0.2) is 4.39 Å². The van der Waals surface area contributed by atoms with E-state index in [2.05, 4.69) is 10.4 Å². The Kier molecular flexibility index (Phi) is 4.39. The Balaban J connectivity index is 2.12. The number of anilines is 1. The summed E-state index contributed by atoms with van der Waals surface area (Å²) in [5.74, 6) is -0.142. The maximum atomic E-state index is 13.6. The van der Waals surface area contributed by atoms with Crippen LogP contribution in [-0.2, 0) is 6.54 Å². The molecule has 0 radical (unpaired) electrons. The number of hydrogen-bond acceptors (Lipinski definition) is 3. The van der Waals surface area contributed by atoms with Crippen molar-refractivity contribution in [3.63, 3.8) is 0 Å². The average molecular weight is 277 g/mol. The van der Waals surface area contributed by atoms with Gasteiger partial charge in [0.2, 0.25) is 0 Å². The molecular weight excluding hydrogens is 257 g/mol. The second kappa shape index (κ2) is 6.05. The van der Waals surface area contributed by atoms with E-state index in [1.54, 1.807) is 24.7 Å². The third kappa shape index (κ3) is 3.17. The van der Waals surface area contributed by atoms with Crippen molar-refractivity contribution in [2.24, 2.45) is 0 Å². The third-order valence-corrected chi connectivity index (χ3v) is 3.30. The average Bonchev–Trinajstić information content (AvgIpc) is 2.83. The van der Waals surface area contributed by atoms with E-state index < -0.39 is 0 Å². The van der Waals surface area contributed by atoms with Gasteiger partial charge in [-0.05, 0) is 37.5 Å². The highest BCUT2D eigenvalue weighted by atomic mass is 19.1. The van der Waals surface area contributed by atoms with Crippen molar-refractivity contribution >= 4 is 5.69 Å². The largest absolute Gasteiger partial charge is 0.394 e. The number of benzene rings is 1. The van der Waals surface area contributed by atoms with Gasteiger partial charge in [-0.3, -0.25) is 4.68 Å². The number of aromatic nitrogens is 2. The highest BCUT2D eigenvalue weighted by Gasteiger charge is 2.11. The van der Waals surface area contributed by atoms with Gasteiger partial charge < -0.3 is 10.4 Å². The van der Waals surface area contributed by atoms with E-state index in [-0.39, 0.29) is 18.5 Å². The van der Waals surface area contributed by atoms with E-state index >= 15 is 0 Å². The van der Waals surface area contributed by atoms with Crippen LogP contribution >= 0.6 is 0 Å². The lowest BCUT2D eigenvalue weighted by Gasteiger charge is -2.16. The van der Waals surface area contributed by atoms with Crippen LogP contribution in [0.25, 0.3) is 0 Å². The first-order valence-corrected chi connectivity index (χ1v) is 6.67. The Morgan fingerprint density at radius 1 is 1.35 bits per heavy atom. The van der Waals surface area contributed by atoms with Crippen LogP contribution in [0.3, 0.4) is 0 Å². The smallest absolute Gasteiger partial charge is 0.129 e. The fraction of sp³-hybridized carbons (Fsp3) is 0.400. The van der Waals surface area contributed by atoms with Crippen LogP contribution in [0.2, 0.25) is 0 Å². The number of nitrogens with zero attached hydrogens (tertiary/aromatic N) is 2. The Hall–Kier alpha value is -1.88. The highest BCUT2D eigenvalue weighted by Crippen LogP contribution is 2.23. The minimum Gasteiger partial charge on any atom is -0.394 e. The number of rotatable bonds is 5. The molecule has 1 atom stereocenters. The molecule has 2 aromatic rings. The molecule has 0 spiro atoms. The van der Waals surface area contributed by atoms with Crippen LogP contribution in [0.15, 0.2) is 24.5 Å². The molecule has 1 aromatic carbocycles. The van der Waals surface area contributed by atoms with Crippen LogP contribution in [0, 0.1) is 19.7 Å². The van der Waals surface area contributed by atoms with E-state index in [4.69, 9.17) is 5.11 Å². The van der Waals surface area contributed by atoms with Crippen molar-refractivity contribution in [3.05, 3.63) is 47.0 Å². The number of aryl methyl sites for hydroxylation is 2. The fourth-order valence-electron chi connectivity index (χ4n) is 2.23. The summed E-state index contributed by atoms with van der Waals surface area (Å²) >= 11 is 0. The van der Waals surface area contributed by atoms with E-state index in [0.29, 0.717) is 17.7 Å². The molecule has 1 unspecified atom stereocenters. The molecule has 5 heteroatoms. The number of aliphatic hydroxyl groups excluding tert-OH is 1. The number of aliphatic hydroxyl groups is 1. The van der Waals surface area contributed by atoms with Gasteiger partial charge in [-0.2, -0.15) is 5.10 Å². The van der Waals surface area contributed by atoms with Crippen LogP contribution in [0.4, 0.5) is 10.1 Å². The first kappa shape index (κ1) is 14.5. The molecule has 2 rings (SSSR count). The van der Waals surface area contributed by atoms with Crippen LogP contribution in [-0.4, -0.2) is 21.5 Å². The molecule has 20 heavy (non-hydrogen) atoms. The van der Waals surface area contributed by atoms with Crippen molar-refractivity contribution in [3.8, 4) is 0 Å². The topological polar surface area (TPSA) is 50.1 Å². The van der Waals surface area contributed by atoms with Gasteiger partial charge in [0.15, 0.2) is 0 Å². The third-order valence-electron chi connectivity index (χ3n) is 3.30. The second-order valence-electron chi connectivity index (χ2n) is 5.05. The van der Waals surface area contributed by atoms with Gasteiger partial charge in [0.1, 0.15) is 5.82 Å². The van der Waals surface area contributed by atoms with Crippen molar-refractivity contribution in [2.45, 2.75) is 33.4 Å². The molecule has 4 nitrogen and oxygen atoms in total. The zero-order valence-corrected chi connectivity index (χ0v) is 12.0. The predicted octanol–water partition coefficient (Wildman–Crippen LogP) is 2.80. The quantitative estimate of drug-likeness (QED) is 0.883. The second-order valence-corrected chi connectivity index (χ2v) is 5.05. The first-order valence-electron chi connectivity index (χ1n) is 6.67.